The third-order valence-electron chi connectivity index (χ3n) is 4.60. The van der Waals surface area contributed by atoms with Gasteiger partial charge in [0.2, 0.25) is 0 Å². The first-order chi connectivity index (χ1) is 9.52. The van der Waals surface area contributed by atoms with Crippen LogP contribution in [-0.2, 0) is 5.54 Å². The Balaban J connectivity index is 2.17. The summed E-state index contributed by atoms with van der Waals surface area (Å²) in [6.45, 7) is 7.43. The van der Waals surface area contributed by atoms with Gasteiger partial charge in [0.25, 0.3) is 0 Å². The molecule has 0 amide bonds. The summed E-state index contributed by atoms with van der Waals surface area (Å²) in [5, 5.41) is 0. The molecule has 1 aromatic rings. The first-order valence-electron chi connectivity index (χ1n) is 7.79. The van der Waals surface area contributed by atoms with Crippen molar-refractivity contribution < 1.29 is 4.39 Å². The molecule has 1 aromatic carbocycles. The van der Waals surface area contributed by atoms with Crippen LogP contribution in [0.1, 0.15) is 45.1 Å². The quantitative estimate of drug-likeness (QED) is 0.913. The van der Waals surface area contributed by atoms with E-state index in [9.17, 15) is 4.39 Å². The van der Waals surface area contributed by atoms with E-state index in [2.05, 4.69) is 18.7 Å². The number of nitrogens with two attached hydrogens (primary N) is 1. The molecule has 1 aliphatic rings. The molecule has 1 fully saturated rings. The van der Waals surface area contributed by atoms with Crippen molar-refractivity contribution in [2.75, 3.05) is 19.6 Å². The van der Waals surface area contributed by atoms with Crippen molar-refractivity contribution in [2.24, 2.45) is 11.7 Å². The predicted molar refractivity (Wildman–Crippen MR) is 82.0 cm³/mol. The van der Waals surface area contributed by atoms with Gasteiger partial charge in [0.1, 0.15) is 5.82 Å². The molecule has 2 N–H and O–H groups in total. The summed E-state index contributed by atoms with van der Waals surface area (Å²) in [5.74, 6) is 0.117. The van der Waals surface area contributed by atoms with Crippen molar-refractivity contribution >= 4 is 0 Å². The van der Waals surface area contributed by atoms with Crippen molar-refractivity contribution in [3.63, 3.8) is 0 Å². The Morgan fingerprint density at radius 1 is 1.10 bits per heavy atom. The molecule has 2 nitrogen and oxygen atoms in total. The molecule has 1 saturated heterocycles. The molecule has 1 heterocycles. The zero-order chi connectivity index (χ0) is 14.6. The average molecular weight is 278 g/mol. The lowest BCUT2D eigenvalue weighted by atomic mass is 9.80. The van der Waals surface area contributed by atoms with Crippen LogP contribution in [0.3, 0.4) is 0 Å². The fourth-order valence-corrected chi connectivity index (χ4v) is 3.03. The Morgan fingerprint density at radius 2 is 1.65 bits per heavy atom. The number of hydrogen-bond donors (Lipinski definition) is 1. The molecule has 0 aromatic heterocycles. The Kier molecular flexibility index (Phi) is 5.17. The molecular formula is C17H27FN2. The SMILES string of the molecule is CC(C)C(N)(CN1CCCCCC1)c1ccc(F)cc1. The largest absolute Gasteiger partial charge is 0.320 e. The van der Waals surface area contributed by atoms with Gasteiger partial charge in [0.05, 0.1) is 5.54 Å². The van der Waals surface area contributed by atoms with Gasteiger partial charge in [-0.1, -0.05) is 38.8 Å². The van der Waals surface area contributed by atoms with Crippen LogP contribution in [0, 0.1) is 11.7 Å². The number of halogens is 1. The zero-order valence-electron chi connectivity index (χ0n) is 12.7. The third-order valence-corrected chi connectivity index (χ3v) is 4.60. The molecule has 0 saturated carbocycles. The van der Waals surface area contributed by atoms with E-state index in [1.54, 1.807) is 0 Å². The molecule has 1 unspecified atom stereocenters. The summed E-state index contributed by atoms with van der Waals surface area (Å²) in [6, 6.07) is 6.71. The highest BCUT2D eigenvalue weighted by Crippen LogP contribution is 2.29. The van der Waals surface area contributed by atoms with Gasteiger partial charge in [-0.2, -0.15) is 0 Å². The minimum Gasteiger partial charge on any atom is -0.320 e. The lowest BCUT2D eigenvalue weighted by Gasteiger charge is -2.39. The highest BCUT2D eigenvalue weighted by atomic mass is 19.1. The van der Waals surface area contributed by atoms with Crippen LogP contribution < -0.4 is 5.73 Å². The molecule has 0 bridgehead atoms. The van der Waals surface area contributed by atoms with Gasteiger partial charge < -0.3 is 10.6 Å². The van der Waals surface area contributed by atoms with E-state index in [0.29, 0.717) is 5.92 Å². The monoisotopic (exact) mass is 278 g/mol. The summed E-state index contributed by atoms with van der Waals surface area (Å²) in [5.41, 5.74) is 7.37. The van der Waals surface area contributed by atoms with Gasteiger partial charge in [-0.3, -0.25) is 0 Å². The maximum Gasteiger partial charge on any atom is 0.123 e. The van der Waals surface area contributed by atoms with E-state index < -0.39 is 5.54 Å². The molecule has 20 heavy (non-hydrogen) atoms. The second kappa shape index (κ2) is 6.68. The summed E-state index contributed by atoms with van der Waals surface area (Å²) >= 11 is 0. The van der Waals surface area contributed by atoms with E-state index in [1.165, 1.54) is 37.8 Å². The van der Waals surface area contributed by atoms with Crippen LogP contribution in [0.15, 0.2) is 24.3 Å². The topological polar surface area (TPSA) is 29.3 Å². The molecule has 3 heteroatoms. The molecule has 0 aliphatic carbocycles. The van der Waals surface area contributed by atoms with Crippen molar-refractivity contribution in [3.05, 3.63) is 35.6 Å². The van der Waals surface area contributed by atoms with Crippen LogP contribution >= 0.6 is 0 Å². The van der Waals surface area contributed by atoms with Gasteiger partial charge in [-0.05, 0) is 49.5 Å². The van der Waals surface area contributed by atoms with Crippen molar-refractivity contribution in [2.45, 2.75) is 45.1 Å². The van der Waals surface area contributed by atoms with Gasteiger partial charge >= 0.3 is 0 Å². The second-order valence-corrected chi connectivity index (χ2v) is 6.39. The minimum atomic E-state index is -0.405. The number of hydrogen-bond acceptors (Lipinski definition) is 2. The normalized spacial score (nSPS) is 20.6. The van der Waals surface area contributed by atoms with E-state index in [-0.39, 0.29) is 5.82 Å². The van der Waals surface area contributed by atoms with Gasteiger partial charge in [-0.25, -0.2) is 4.39 Å². The fourth-order valence-electron chi connectivity index (χ4n) is 3.03. The Hall–Kier alpha value is -0.930. The van der Waals surface area contributed by atoms with Crippen molar-refractivity contribution in [1.29, 1.82) is 0 Å². The maximum absolute atomic E-state index is 13.1. The van der Waals surface area contributed by atoms with E-state index >= 15 is 0 Å². The lowest BCUT2D eigenvalue weighted by molar-refractivity contribution is 0.176. The number of benzene rings is 1. The Morgan fingerprint density at radius 3 is 2.15 bits per heavy atom. The molecule has 1 atom stereocenters. The van der Waals surface area contributed by atoms with Crippen LogP contribution in [-0.4, -0.2) is 24.5 Å². The van der Waals surface area contributed by atoms with E-state index in [4.69, 9.17) is 5.73 Å². The van der Waals surface area contributed by atoms with Crippen LogP contribution in [0.2, 0.25) is 0 Å². The van der Waals surface area contributed by atoms with Crippen LogP contribution in [0.5, 0.6) is 0 Å². The summed E-state index contributed by atoms with van der Waals surface area (Å²) in [6.07, 6.45) is 5.17. The Labute approximate surface area is 122 Å². The molecule has 0 radical (unpaired) electrons. The lowest BCUT2D eigenvalue weighted by Crippen LogP contribution is -2.51. The zero-order valence-corrected chi connectivity index (χ0v) is 12.7. The summed E-state index contributed by atoms with van der Waals surface area (Å²) in [7, 11) is 0. The molecule has 112 valence electrons. The van der Waals surface area contributed by atoms with Gasteiger partial charge in [0.15, 0.2) is 0 Å². The second-order valence-electron chi connectivity index (χ2n) is 6.39. The fraction of sp³-hybridized carbons (Fsp3) is 0.647. The van der Waals surface area contributed by atoms with Crippen LogP contribution in [0.25, 0.3) is 0 Å². The number of rotatable bonds is 4. The number of likely N-dealkylation sites (tertiary alicyclic amines) is 1. The first-order valence-corrected chi connectivity index (χ1v) is 7.79. The van der Waals surface area contributed by atoms with Crippen LogP contribution in [0.4, 0.5) is 4.39 Å². The first kappa shape index (κ1) is 15.5. The van der Waals surface area contributed by atoms with Gasteiger partial charge in [-0.15, -0.1) is 0 Å². The standard InChI is InChI=1S/C17H27FN2/c1-14(2)17(19,15-7-9-16(18)10-8-15)13-20-11-5-3-4-6-12-20/h7-10,14H,3-6,11-13,19H2,1-2H3. The average Bonchev–Trinajstić information content (AvgIpc) is 2.67. The smallest absolute Gasteiger partial charge is 0.123 e. The Bertz CT molecular complexity index is 408. The summed E-state index contributed by atoms with van der Waals surface area (Å²) in [4.78, 5) is 2.48. The molecular weight excluding hydrogens is 251 g/mol. The minimum absolute atomic E-state index is 0.199. The molecule has 0 spiro atoms. The van der Waals surface area contributed by atoms with E-state index in [1.807, 2.05) is 12.1 Å². The van der Waals surface area contributed by atoms with Gasteiger partial charge in [0, 0.05) is 6.54 Å². The third kappa shape index (κ3) is 3.58. The highest BCUT2D eigenvalue weighted by molar-refractivity contribution is 5.26. The molecule has 2 rings (SSSR count). The highest BCUT2D eigenvalue weighted by Gasteiger charge is 2.33. The van der Waals surface area contributed by atoms with Crippen molar-refractivity contribution in [1.82, 2.24) is 4.90 Å². The van der Waals surface area contributed by atoms with E-state index in [0.717, 1.165) is 25.2 Å². The maximum atomic E-state index is 13.1. The molecule has 1 aliphatic heterocycles. The van der Waals surface area contributed by atoms with Crippen molar-refractivity contribution in [3.8, 4) is 0 Å². The predicted octanol–water partition coefficient (Wildman–Crippen LogP) is 3.51. The number of nitrogens with zero attached hydrogens (tertiary/aromatic N) is 1. The summed E-state index contributed by atoms with van der Waals surface area (Å²) < 4.78 is 13.1.